The molecular formula is C12H24N2. The Morgan fingerprint density at radius 1 is 1.07 bits per heavy atom. The normalized spacial score (nSPS) is 36.0. The SMILES string of the molecule is CC(C)N1CCC2CC(CN(C)C2)C1. The Morgan fingerprint density at radius 2 is 1.79 bits per heavy atom. The highest BCUT2D eigenvalue weighted by molar-refractivity contribution is 4.84. The average molecular weight is 196 g/mol. The summed E-state index contributed by atoms with van der Waals surface area (Å²) in [6.07, 6.45) is 2.90. The predicted molar refractivity (Wildman–Crippen MR) is 60.4 cm³/mol. The summed E-state index contributed by atoms with van der Waals surface area (Å²) in [5, 5.41) is 0. The average Bonchev–Trinajstić information content (AvgIpc) is 2.24. The fraction of sp³-hybridized carbons (Fsp3) is 1.00. The van der Waals surface area contributed by atoms with E-state index < -0.39 is 0 Å². The number of likely N-dealkylation sites (tertiary alicyclic amines) is 2. The third-order valence-electron chi connectivity index (χ3n) is 3.85. The zero-order valence-electron chi connectivity index (χ0n) is 9.87. The van der Waals surface area contributed by atoms with Gasteiger partial charge in [-0.2, -0.15) is 0 Å². The van der Waals surface area contributed by atoms with Gasteiger partial charge in [0.05, 0.1) is 0 Å². The molecule has 2 saturated heterocycles. The van der Waals surface area contributed by atoms with E-state index in [4.69, 9.17) is 0 Å². The summed E-state index contributed by atoms with van der Waals surface area (Å²) in [5.41, 5.74) is 0. The number of piperidine rings is 1. The third kappa shape index (κ3) is 2.29. The van der Waals surface area contributed by atoms with Gasteiger partial charge in [0.25, 0.3) is 0 Å². The van der Waals surface area contributed by atoms with Crippen LogP contribution in [0.25, 0.3) is 0 Å². The molecule has 2 heteroatoms. The summed E-state index contributed by atoms with van der Waals surface area (Å²) in [5.74, 6) is 1.91. The minimum atomic E-state index is 0.736. The van der Waals surface area contributed by atoms with Crippen molar-refractivity contribution in [3.05, 3.63) is 0 Å². The van der Waals surface area contributed by atoms with E-state index in [2.05, 4.69) is 30.7 Å². The molecule has 2 atom stereocenters. The lowest BCUT2D eigenvalue weighted by Gasteiger charge is -2.34. The van der Waals surface area contributed by atoms with Gasteiger partial charge in [0.2, 0.25) is 0 Å². The van der Waals surface area contributed by atoms with Crippen LogP contribution >= 0.6 is 0 Å². The topological polar surface area (TPSA) is 6.48 Å². The molecule has 2 fully saturated rings. The fourth-order valence-corrected chi connectivity index (χ4v) is 3.16. The van der Waals surface area contributed by atoms with E-state index in [1.54, 1.807) is 0 Å². The van der Waals surface area contributed by atoms with E-state index in [1.165, 1.54) is 39.0 Å². The molecule has 0 aromatic heterocycles. The van der Waals surface area contributed by atoms with Crippen LogP contribution in [0.1, 0.15) is 26.7 Å². The number of nitrogens with zero attached hydrogens (tertiary/aromatic N) is 2. The predicted octanol–water partition coefficient (Wildman–Crippen LogP) is 1.67. The van der Waals surface area contributed by atoms with Crippen molar-refractivity contribution in [1.29, 1.82) is 0 Å². The Morgan fingerprint density at radius 3 is 2.50 bits per heavy atom. The summed E-state index contributed by atoms with van der Waals surface area (Å²) in [6.45, 7) is 9.98. The molecular weight excluding hydrogens is 172 g/mol. The number of hydrogen-bond donors (Lipinski definition) is 0. The molecule has 0 spiro atoms. The van der Waals surface area contributed by atoms with Crippen molar-refractivity contribution in [3.8, 4) is 0 Å². The molecule has 2 bridgehead atoms. The summed E-state index contributed by atoms with van der Waals surface area (Å²) in [7, 11) is 2.28. The molecule has 0 saturated carbocycles. The molecule has 2 unspecified atom stereocenters. The molecule has 0 aliphatic carbocycles. The first-order valence-electron chi connectivity index (χ1n) is 6.07. The van der Waals surface area contributed by atoms with Crippen LogP contribution in [0.3, 0.4) is 0 Å². The second kappa shape index (κ2) is 4.19. The van der Waals surface area contributed by atoms with Gasteiger partial charge in [-0.15, -0.1) is 0 Å². The lowest BCUT2D eigenvalue weighted by atomic mass is 9.89. The summed E-state index contributed by atoms with van der Waals surface area (Å²) in [4.78, 5) is 5.20. The zero-order chi connectivity index (χ0) is 10.1. The second-order valence-electron chi connectivity index (χ2n) is 5.57. The maximum absolute atomic E-state index is 2.67. The Kier molecular flexibility index (Phi) is 3.13. The highest BCUT2D eigenvalue weighted by Crippen LogP contribution is 2.28. The van der Waals surface area contributed by atoms with E-state index in [9.17, 15) is 0 Å². The summed E-state index contributed by atoms with van der Waals surface area (Å²) >= 11 is 0. The van der Waals surface area contributed by atoms with E-state index in [0.717, 1.165) is 17.9 Å². The maximum atomic E-state index is 2.67. The Hall–Kier alpha value is -0.0800. The molecule has 0 amide bonds. The minimum Gasteiger partial charge on any atom is -0.306 e. The van der Waals surface area contributed by atoms with Crippen LogP contribution in [0, 0.1) is 11.8 Å². The highest BCUT2D eigenvalue weighted by atomic mass is 15.2. The van der Waals surface area contributed by atoms with Crippen molar-refractivity contribution in [3.63, 3.8) is 0 Å². The highest BCUT2D eigenvalue weighted by Gasteiger charge is 2.30. The first-order valence-corrected chi connectivity index (χ1v) is 6.07. The lowest BCUT2D eigenvalue weighted by molar-refractivity contribution is 0.143. The van der Waals surface area contributed by atoms with Gasteiger partial charge in [-0.1, -0.05) is 0 Å². The number of hydrogen-bond acceptors (Lipinski definition) is 2. The van der Waals surface area contributed by atoms with Crippen molar-refractivity contribution >= 4 is 0 Å². The zero-order valence-corrected chi connectivity index (χ0v) is 9.87. The van der Waals surface area contributed by atoms with Gasteiger partial charge in [0.15, 0.2) is 0 Å². The van der Waals surface area contributed by atoms with E-state index in [0.29, 0.717) is 0 Å². The quantitative estimate of drug-likeness (QED) is 0.629. The van der Waals surface area contributed by atoms with Gasteiger partial charge in [-0.25, -0.2) is 0 Å². The van der Waals surface area contributed by atoms with Gasteiger partial charge in [-0.05, 0) is 52.1 Å². The van der Waals surface area contributed by atoms with Crippen LogP contribution in [-0.4, -0.2) is 49.1 Å². The lowest BCUT2D eigenvalue weighted by Crippen LogP contribution is -2.40. The molecule has 0 aromatic rings. The van der Waals surface area contributed by atoms with Gasteiger partial charge in [0.1, 0.15) is 0 Å². The largest absolute Gasteiger partial charge is 0.306 e. The first-order chi connectivity index (χ1) is 6.65. The van der Waals surface area contributed by atoms with Gasteiger partial charge in [0, 0.05) is 25.7 Å². The molecule has 0 radical (unpaired) electrons. The molecule has 0 N–H and O–H groups in total. The van der Waals surface area contributed by atoms with E-state index in [-0.39, 0.29) is 0 Å². The van der Waals surface area contributed by atoms with Gasteiger partial charge >= 0.3 is 0 Å². The second-order valence-corrected chi connectivity index (χ2v) is 5.57. The molecule has 2 rings (SSSR count). The number of fused-ring (bicyclic) bond motifs is 2. The summed E-state index contributed by atoms with van der Waals surface area (Å²) in [6, 6.07) is 0.736. The van der Waals surface area contributed by atoms with Crippen LogP contribution in [0.2, 0.25) is 0 Å². The van der Waals surface area contributed by atoms with Crippen LogP contribution in [0.5, 0.6) is 0 Å². The molecule has 2 heterocycles. The van der Waals surface area contributed by atoms with Crippen molar-refractivity contribution in [2.24, 2.45) is 11.8 Å². The van der Waals surface area contributed by atoms with Crippen molar-refractivity contribution in [1.82, 2.24) is 9.80 Å². The molecule has 2 aliphatic heterocycles. The van der Waals surface area contributed by atoms with Crippen LogP contribution < -0.4 is 0 Å². The van der Waals surface area contributed by atoms with Crippen LogP contribution in [0.4, 0.5) is 0 Å². The van der Waals surface area contributed by atoms with E-state index >= 15 is 0 Å². The van der Waals surface area contributed by atoms with Crippen molar-refractivity contribution in [2.75, 3.05) is 33.2 Å². The molecule has 2 aliphatic rings. The molecule has 14 heavy (non-hydrogen) atoms. The van der Waals surface area contributed by atoms with Gasteiger partial charge in [-0.3, -0.25) is 0 Å². The monoisotopic (exact) mass is 196 g/mol. The van der Waals surface area contributed by atoms with Crippen LogP contribution in [0.15, 0.2) is 0 Å². The van der Waals surface area contributed by atoms with Crippen molar-refractivity contribution in [2.45, 2.75) is 32.7 Å². The van der Waals surface area contributed by atoms with Crippen LogP contribution in [-0.2, 0) is 0 Å². The fourth-order valence-electron chi connectivity index (χ4n) is 3.16. The standard InChI is InChI=1S/C12H24N2/c1-10(2)14-5-4-11-6-12(9-14)8-13(3)7-11/h10-12H,4-9H2,1-3H3. The number of rotatable bonds is 1. The Labute approximate surface area is 88.3 Å². The van der Waals surface area contributed by atoms with E-state index in [1.807, 2.05) is 0 Å². The smallest absolute Gasteiger partial charge is 0.00387 e. The Balaban J connectivity index is 2.00. The third-order valence-corrected chi connectivity index (χ3v) is 3.85. The molecule has 2 nitrogen and oxygen atoms in total. The van der Waals surface area contributed by atoms with Crippen molar-refractivity contribution < 1.29 is 0 Å². The molecule has 0 aromatic carbocycles. The van der Waals surface area contributed by atoms with Gasteiger partial charge < -0.3 is 9.80 Å². The Bertz CT molecular complexity index is 191. The first kappa shape index (κ1) is 10.4. The maximum Gasteiger partial charge on any atom is 0.00387 e. The summed E-state index contributed by atoms with van der Waals surface area (Å²) < 4.78 is 0. The minimum absolute atomic E-state index is 0.736. The molecule has 82 valence electrons.